The van der Waals surface area contributed by atoms with Crippen LogP contribution >= 0.6 is 0 Å². The Balaban J connectivity index is 1.74. The van der Waals surface area contributed by atoms with E-state index < -0.39 is 0 Å². The van der Waals surface area contributed by atoms with Crippen LogP contribution in [0.25, 0.3) is 0 Å². The molecule has 20 heavy (non-hydrogen) atoms. The highest BCUT2D eigenvalue weighted by Gasteiger charge is 2.31. The SMILES string of the molecule is CNc1cnccc1C(=O)N1CCN2CCCCC2C1. The summed E-state index contributed by atoms with van der Waals surface area (Å²) in [5, 5.41) is 3.05. The van der Waals surface area contributed by atoms with Crippen molar-refractivity contribution in [1.82, 2.24) is 14.8 Å². The molecule has 1 unspecified atom stereocenters. The summed E-state index contributed by atoms with van der Waals surface area (Å²) in [7, 11) is 1.83. The second-order valence-corrected chi connectivity index (χ2v) is 5.61. The molecule has 1 aromatic rings. The van der Waals surface area contributed by atoms with Crippen LogP contribution < -0.4 is 5.32 Å². The smallest absolute Gasteiger partial charge is 0.256 e. The molecule has 1 atom stereocenters. The number of aromatic nitrogens is 1. The molecule has 108 valence electrons. The molecule has 1 aromatic heterocycles. The minimum atomic E-state index is 0.127. The molecule has 3 rings (SSSR count). The molecule has 5 nitrogen and oxygen atoms in total. The maximum Gasteiger partial charge on any atom is 0.256 e. The van der Waals surface area contributed by atoms with Gasteiger partial charge >= 0.3 is 0 Å². The number of carbonyl (C=O) groups excluding carboxylic acids is 1. The molecule has 2 aliphatic heterocycles. The van der Waals surface area contributed by atoms with E-state index in [1.807, 2.05) is 11.9 Å². The molecule has 2 fully saturated rings. The number of hydrogen-bond donors (Lipinski definition) is 1. The van der Waals surface area contributed by atoms with Crippen LogP contribution in [0.5, 0.6) is 0 Å². The summed E-state index contributed by atoms with van der Waals surface area (Å²) in [4.78, 5) is 21.3. The van der Waals surface area contributed by atoms with Crippen LogP contribution in [0.4, 0.5) is 5.69 Å². The molecule has 0 bridgehead atoms. The van der Waals surface area contributed by atoms with Crippen molar-refractivity contribution in [2.45, 2.75) is 25.3 Å². The Bertz CT molecular complexity index is 491. The van der Waals surface area contributed by atoms with E-state index in [0.29, 0.717) is 6.04 Å². The fourth-order valence-corrected chi connectivity index (χ4v) is 3.29. The predicted octanol–water partition coefficient (Wildman–Crippen LogP) is 1.43. The first-order chi connectivity index (χ1) is 9.79. The zero-order valence-electron chi connectivity index (χ0n) is 12.0. The van der Waals surface area contributed by atoms with Gasteiger partial charge in [-0.1, -0.05) is 6.42 Å². The highest BCUT2D eigenvalue weighted by molar-refractivity contribution is 5.99. The summed E-state index contributed by atoms with van der Waals surface area (Å²) in [6, 6.07) is 2.36. The molecule has 2 aliphatic rings. The molecular weight excluding hydrogens is 252 g/mol. The van der Waals surface area contributed by atoms with Crippen LogP contribution in [0.2, 0.25) is 0 Å². The first-order valence-electron chi connectivity index (χ1n) is 7.44. The number of pyridine rings is 1. The third-order valence-corrected chi connectivity index (χ3v) is 4.45. The number of anilines is 1. The minimum absolute atomic E-state index is 0.127. The van der Waals surface area contributed by atoms with Crippen molar-refractivity contribution in [3.8, 4) is 0 Å². The number of carbonyl (C=O) groups is 1. The Hall–Kier alpha value is -1.62. The van der Waals surface area contributed by atoms with Gasteiger partial charge in [0.2, 0.25) is 0 Å². The van der Waals surface area contributed by atoms with Crippen LogP contribution in [0.3, 0.4) is 0 Å². The van der Waals surface area contributed by atoms with Gasteiger partial charge in [0.15, 0.2) is 0 Å². The number of rotatable bonds is 2. The van der Waals surface area contributed by atoms with Gasteiger partial charge in [0.25, 0.3) is 5.91 Å². The number of nitrogens with one attached hydrogen (secondary N) is 1. The zero-order valence-corrected chi connectivity index (χ0v) is 12.0. The number of piperidine rings is 1. The number of nitrogens with zero attached hydrogens (tertiary/aromatic N) is 3. The second-order valence-electron chi connectivity index (χ2n) is 5.61. The average Bonchev–Trinajstić information content (AvgIpc) is 2.53. The zero-order chi connectivity index (χ0) is 13.9. The van der Waals surface area contributed by atoms with Crippen molar-refractivity contribution in [2.24, 2.45) is 0 Å². The average molecular weight is 274 g/mol. The van der Waals surface area contributed by atoms with Crippen LogP contribution in [-0.2, 0) is 0 Å². The summed E-state index contributed by atoms with van der Waals surface area (Å²) in [6.45, 7) is 3.91. The summed E-state index contributed by atoms with van der Waals surface area (Å²) in [5.74, 6) is 0.127. The molecule has 2 saturated heterocycles. The highest BCUT2D eigenvalue weighted by atomic mass is 16.2. The lowest BCUT2D eigenvalue weighted by Gasteiger charge is -2.44. The summed E-state index contributed by atoms with van der Waals surface area (Å²) < 4.78 is 0. The maximum atomic E-state index is 12.7. The standard InChI is InChI=1S/C15H22N4O/c1-16-14-10-17-6-5-13(14)15(20)19-9-8-18-7-3-2-4-12(18)11-19/h5-6,10,12,16H,2-4,7-9,11H2,1H3. The highest BCUT2D eigenvalue weighted by Crippen LogP contribution is 2.23. The van der Waals surface area contributed by atoms with Crippen LogP contribution in [-0.4, -0.2) is 60.0 Å². The van der Waals surface area contributed by atoms with E-state index in [4.69, 9.17) is 0 Å². The fraction of sp³-hybridized carbons (Fsp3) is 0.600. The minimum Gasteiger partial charge on any atom is -0.386 e. The lowest BCUT2D eigenvalue weighted by Crippen LogP contribution is -2.56. The van der Waals surface area contributed by atoms with Crippen molar-refractivity contribution < 1.29 is 4.79 Å². The number of fused-ring (bicyclic) bond motifs is 1. The van der Waals surface area contributed by atoms with Crippen molar-refractivity contribution in [3.63, 3.8) is 0 Å². The molecule has 1 amide bonds. The topological polar surface area (TPSA) is 48.5 Å². The van der Waals surface area contributed by atoms with Crippen molar-refractivity contribution in [1.29, 1.82) is 0 Å². The van der Waals surface area contributed by atoms with Gasteiger partial charge in [0, 0.05) is 38.9 Å². The Morgan fingerprint density at radius 1 is 1.35 bits per heavy atom. The molecule has 3 heterocycles. The van der Waals surface area contributed by atoms with Crippen LogP contribution in [0.1, 0.15) is 29.6 Å². The molecule has 0 aromatic carbocycles. The normalized spacial score (nSPS) is 23.2. The van der Waals surface area contributed by atoms with Gasteiger partial charge in [-0.05, 0) is 25.5 Å². The van der Waals surface area contributed by atoms with E-state index in [2.05, 4.69) is 15.2 Å². The van der Waals surface area contributed by atoms with Gasteiger partial charge in [-0.2, -0.15) is 0 Å². The summed E-state index contributed by atoms with van der Waals surface area (Å²) in [5.41, 5.74) is 1.54. The van der Waals surface area contributed by atoms with E-state index in [1.54, 1.807) is 18.5 Å². The van der Waals surface area contributed by atoms with E-state index >= 15 is 0 Å². The monoisotopic (exact) mass is 274 g/mol. The lowest BCUT2D eigenvalue weighted by molar-refractivity contribution is 0.0373. The quantitative estimate of drug-likeness (QED) is 0.886. The Labute approximate surface area is 120 Å². The third-order valence-electron chi connectivity index (χ3n) is 4.45. The second kappa shape index (κ2) is 5.79. The summed E-state index contributed by atoms with van der Waals surface area (Å²) in [6.07, 6.45) is 7.22. The number of piperazine rings is 1. The summed E-state index contributed by atoms with van der Waals surface area (Å²) >= 11 is 0. The molecule has 0 aliphatic carbocycles. The molecular formula is C15H22N4O. The number of hydrogen-bond acceptors (Lipinski definition) is 4. The van der Waals surface area contributed by atoms with E-state index in [1.165, 1.54) is 25.8 Å². The van der Waals surface area contributed by atoms with Crippen LogP contribution in [0, 0.1) is 0 Å². The Morgan fingerprint density at radius 2 is 2.25 bits per heavy atom. The van der Waals surface area contributed by atoms with Crippen molar-refractivity contribution in [3.05, 3.63) is 24.0 Å². The third kappa shape index (κ3) is 2.50. The van der Waals surface area contributed by atoms with Gasteiger partial charge in [0.05, 0.1) is 17.4 Å². The largest absolute Gasteiger partial charge is 0.386 e. The molecule has 0 radical (unpaired) electrons. The van der Waals surface area contributed by atoms with Gasteiger partial charge in [0.1, 0.15) is 0 Å². The molecule has 1 N–H and O–H groups in total. The predicted molar refractivity (Wildman–Crippen MR) is 78.9 cm³/mol. The molecule has 5 heteroatoms. The first-order valence-corrected chi connectivity index (χ1v) is 7.44. The Morgan fingerprint density at radius 3 is 3.10 bits per heavy atom. The van der Waals surface area contributed by atoms with E-state index in [-0.39, 0.29) is 5.91 Å². The molecule has 0 saturated carbocycles. The van der Waals surface area contributed by atoms with Gasteiger partial charge < -0.3 is 10.2 Å². The van der Waals surface area contributed by atoms with Crippen LogP contribution in [0.15, 0.2) is 18.5 Å². The molecule has 0 spiro atoms. The van der Waals surface area contributed by atoms with Crippen molar-refractivity contribution in [2.75, 3.05) is 38.5 Å². The van der Waals surface area contributed by atoms with E-state index in [0.717, 1.165) is 30.9 Å². The maximum absolute atomic E-state index is 12.7. The van der Waals surface area contributed by atoms with Gasteiger partial charge in [-0.25, -0.2) is 0 Å². The lowest BCUT2D eigenvalue weighted by atomic mass is 9.99. The van der Waals surface area contributed by atoms with Gasteiger partial charge in [-0.3, -0.25) is 14.7 Å². The number of amides is 1. The van der Waals surface area contributed by atoms with Gasteiger partial charge in [-0.15, -0.1) is 0 Å². The fourth-order valence-electron chi connectivity index (χ4n) is 3.29. The first kappa shape index (κ1) is 13.4. The van der Waals surface area contributed by atoms with E-state index in [9.17, 15) is 4.79 Å². The Kier molecular flexibility index (Phi) is 3.87. The van der Waals surface area contributed by atoms with Crippen molar-refractivity contribution >= 4 is 11.6 Å².